The largest absolute Gasteiger partial charge is 0.390 e. The first-order chi connectivity index (χ1) is 14.3. The molecule has 0 saturated heterocycles. The van der Waals surface area contributed by atoms with Crippen molar-refractivity contribution in [1.82, 2.24) is 9.97 Å². The first-order valence-corrected chi connectivity index (χ1v) is 13.0. The van der Waals surface area contributed by atoms with Crippen LogP contribution >= 0.6 is 39.3 Å². The van der Waals surface area contributed by atoms with E-state index in [0.29, 0.717) is 11.8 Å². The van der Waals surface area contributed by atoms with Gasteiger partial charge in [-0.15, -0.1) is 0 Å². The van der Waals surface area contributed by atoms with Crippen LogP contribution in [0, 0.1) is 11.8 Å². The second-order valence-corrected chi connectivity index (χ2v) is 10.4. The van der Waals surface area contributed by atoms with Crippen molar-refractivity contribution in [1.29, 1.82) is 0 Å². The van der Waals surface area contributed by atoms with Crippen molar-refractivity contribution in [3.8, 4) is 0 Å². The number of rotatable bonds is 6. The van der Waals surface area contributed by atoms with Gasteiger partial charge >= 0.3 is 0 Å². The monoisotopic (exact) mass is 513 g/mol. The Morgan fingerprint density at radius 1 is 1.30 bits per heavy atom. The number of anilines is 1. The lowest BCUT2D eigenvalue weighted by atomic mass is 9.69. The van der Waals surface area contributed by atoms with E-state index in [1.807, 2.05) is 24.8 Å². The van der Waals surface area contributed by atoms with Crippen molar-refractivity contribution < 1.29 is 5.11 Å². The van der Waals surface area contributed by atoms with E-state index in [-0.39, 0.29) is 11.3 Å². The first kappa shape index (κ1) is 25.4. The summed E-state index contributed by atoms with van der Waals surface area (Å²) in [5.41, 5.74) is 0.836. The van der Waals surface area contributed by atoms with Gasteiger partial charge in [0, 0.05) is 18.0 Å². The zero-order chi connectivity index (χ0) is 22.1. The molecular formula is C23H33BrClN3OS. The molecule has 4 atom stereocenters. The molecule has 0 radical (unpaired) electrons. The molecule has 1 heterocycles. The number of halogens is 2. The number of nitrogens with zero attached hydrogens (tertiary/aromatic N) is 2. The van der Waals surface area contributed by atoms with Crippen LogP contribution in [0.3, 0.4) is 0 Å². The van der Waals surface area contributed by atoms with Crippen molar-refractivity contribution in [2.75, 3.05) is 11.6 Å². The zero-order valence-corrected chi connectivity index (χ0v) is 21.4. The predicted molar refractivity (Wildman–Crippen MR) is 133 cm³/mol. The highest BCUT2D eigenvalue weighted by Crippen LogP contribution is 2.40. The Kier molecular flexibility index (Phi) is 10.4. The van der Waals surface area contributed by atoms with E-state index in [1.165, 1.54) is 5.56 Å². The van der Waals surface area contributed by atoms with Gasteiger partial charge in [-0.1, -0.05) is 50.6 Å². The Morgan fingerprint density at radius 2 is 2.00 bits per heavy atom. The van der Waals surface area contributed by atoms with Crippen LogP contribution < -0.4 is 5.32 Å². The number of aliphatic hydroxyl groups is 1. The number of thioether (sulfide) groups is 1. The molecule has 2 aromatic rings. The van der Waals surface area contributed by atoms with Crippen LogP contribution in [-0.4, -0.2) is 33.0 Å². The summed E-state index contributed by atoms with van der Waals surface area (Å²) in [5, 5.41) is 14.2. The molecule has 4 nitrogen and oxygen atoms in total. The molecule has 1 aromatic heterocycles. The minimum Gasteiger partial charge on any atom is -0.390 e. The normalized spacial score (nSPS) is 25.9. The lowest BCUT2D eigenvalue weighted by Gasteiger charge is -2.44. The topological polar surface area (TPSA) is 58.0 Å². The summed E-state index contributed by atoms with van der Waals surface area (Å²) in [4.78, 5) is 8.22. The van der Waals surface area contributed by atoms with E-state index in [9.17, 15) is 5.11 Å². The fourth-order valence-corrected chi connectivity index (χ4v) is 5.28. The van der Waals surface area contributed by atoms with Crippen molar-refractivity contribution in [2.45, 2.75) is 63.9 Å². The molecule has 0 bridgehead atoms. The summed E-state index contributed by atoms with van der Waals surface area (Å²) in [6.07, 6.45) is 7.59. The molecule has 2 N–H and O–H groups in total. The molecule has 1 aliphatic carbocycles. The zero-order valence-electron chi connectivity index (χ0n) is 18.2. The average Bonchev–Trinajstić information content (AvgIpc) is 2.68. The van der Waals surface area contributed by atoms with Crippen LogP contribution in [0.5, 0.6) is 0 Å². The highest BCUT2D eigenvalue weighted by Gasteiger charge is 2.40. The summed E-state index contributed by atoms with van der Waals surface area (Å²) in [6.45, 7) is 6.31. The Hall–Kier alpha value is -0.820. The minimum absolute atomic E-state index is 0.239. The fraction of sp³-hybridized carbons (Fsp3) is 0.565. The van der Waals surface area contributed by atoms with E-state index in [1.54, 1.807) is 6.20 Å². The van der Waals surface area contributed by atoms with Gasteiger partial charge in [0.1, 0.15) is 5.82 Å². The Bertz CT molecular complexity index is 778. The van der Waals surface area contributed by atoms with E-state index >= 15 is 0 Å². The SMILES string of the molecule is CCCC1CC(C)(O)CC(C)C1Nc1nc(Cl)ncc1Br.CSCc1ccccc1. The maximum Gasteiger partial charge on any atom is 0.224 e. The van der Waals surface area contributed by atoms with Gasteiger partial charge in [0.2, 0.25) is 5.28 Å². The van der Waals surface area contributed by atoms with Crippen molar-refractivity contribution in [2.24, 2.45) is 11.8 Å². The van der Waals surface area contributed by atoms with Crippen LogP contribution in [0.1, 0.15) is 52.0 Å². The Balaban J connectivity index is 0.000000297. The van der Waals surface area contributed by atoms with Crippen molar-refractivity contribution >= 4 is 45.1 Å². The summed E-state index contributed by atoms with van der Waals surface area (Å²) in [6, 6.07) is 10.8. The molecule has 1 aliphatic rings. The van der Waals surface area contributed by atoms with Crippen LogP contribution in [0.2, 0.25) is 5.28 Å². The van der Waals surface area contributed by atoms with Crippen LogP contribution in [0.15, 0.2) is 41.0 Å². The van der Waals surface area contributed by atoms with Gasteiger partial charge in [-0.2, -0.15) is 16.7 Å². The van der Waals surface area contributed by atoms with Gasteiger partial charge in [-0.3, -0.25) is 0 Å². The molecule has 3 rings (SSSR count). The molecule has 1 saturated carbocycles. The van der Waals surface area contributed by atoms with Gasteiger partial charge in [-0.05, 0) is 77.4 Å². The Morgan fingerprint density at radius 3 is 2.63 bits per heavy atom. The second kappa shape index (κ2) is 12.3. The van der Waals surface area contributed by atoms with Gasteiger partial charge < -0.3 is 10.4 Å². The number of benzene rings is 1. The van der Waals surface area contributed by atoms with Crippen LogP contribution in [-0.2, 0) is 5.75 Å². The third-order valence-electron chi connectivity index (χ3n) is 5.42. The first-order valence-electron chi connectivity index (χ1n) is 10.5. The van der Waals surface area contributed by atoms with Gasteiger partial charge in [-0.25, -0.2) is 4.98 Å². The van der Waals surface area contributed by atoms with Gasteiger partial charge in [0.15, 0.2) is 0 Å². The maximum absolute atomic E-state index is 10.4. The maximum atomic E-state index is 10.4. The van der Waals surface area contributed by atoms with E-state index in [0.717, 1.165) is 41.7 Å². The predicted octanol–water partition coefficient (Wildman–Crippen LogP) is 6.82. The molecule has 7 heteroatoms. The molecule has 1 aromatic carbocycles. The molecule has 166 valence electrons. The van der Waals surface area contributed by atoms with Gasteiger partial charge in [0.05, 0.1) is 10.1 Å². The number of nitrogens with one attached hydrogen (secondary N) is 1. The molecule has 30 heavy (non-hydrogen) atoms. The molecule has 0 spiro atoms. The molecule has 1 fully saturated rings. The van der Waals surface area contributed by atoms with Crippen LogP contribution in [0.25, 0.3) is 0 Å². The standard InChI is InChI=1S/C15H23BrClN3O.C8H10S/c1-4-5-10-7-15(3,21)6-9(2)12(10)19-13-11(16)8-18-14(17)20-13;1-9-7-8-5-3-2-4-6-8/h8-10,12,21H,4-7H2,1-3H3,(H,18,19,20);2-6H,7H2,1H3. The highest BCUT2D eigenvalue weighted by molar-refractivity contribution is 9.10. The minimum atomic E-state index is -0.571. The fourth-order valence-electron chi connectivity index (χ4n) is 4.32. The summed E-state index contributed by atoms with van der Waals surface area (Å²) < 4.78 is 0.812. The van der Waals surface area contributed by atoms with Crippen molar-refractivity contribution in [3.05, 3.63) is 51.8 Å². The van der Waals surface area contributed by atoms with Gasteiger partial charge in [0.25, 0.3) is 0 Å². The summed E-state index contributed by atoms with van der Waals surface area (Å²) in [5.74, 6) is 2.65. The molecular weight excluding hydrogens is 482 g/mol. The number of hydrogen-bond donors (Lipinski definition) is 2. The smallest absolute Gasteiger partial charge is 0.224 e. The summed E-state index contributed by atoms with van der Waals surface area (Å²) in [7, 11) is 0. The molecule has 0 aliphatic heterocycles. The lowest BCUT2D eigenvalue weighted by Crippen LogP contribution is -2.48. The highest BCUT2D eigenvalue weighted by atomic mass is 79.9. The number of hydrogen-bond acceptors (Lipinski definition) is 5. The van der Waals surface area contributed by atoms with E-state index < -0.39 is 5.60 Å². The lowest BCUT2D eigenvalue weighted by molar-refractivity contribution is -0.0254. The molecule has 0 amide bonds. The quantitative estimate of drug-likeness (QED) is 0.414. The second-order valence-electron chi connectivity index (χ2n) is 8.36. The van der Waals surface area contributed by atoms with E-state index in [2.05, 4.69) is 75.6 Å². The number of aromatic nitrogens is 2. The molecule has 4 unspecified atom stereocenters. The van der Waals surface area contributed by atoms with Crippen molar-refractivity contribution in [3.63, 3.8) is 0 Å². The third kappa shape index (κ3) is 8.03. The van der Waals surface area contributed by atoms with E-state index in [4.69, 9.17) is 11.6 Å². The van der Waals surface area contributed by atoms with Crippen LogP contribution in [0.4, 0.5) is 5.82 Å². The third-order valence-corrected chi connectivity index (χ3v) is 6.80. The summed E-state index contributed by atoms with van der Waals surface area (Å²) >= 11 is 11.2. The average molecular weight is 515 g/mol. The Labute approximate surface area is 198 Å².